The molecule has 0 radical (unpaired) electrons. The van der Waals surface area contributed by atoms with Crippen LogP contribution in [0.5, 0.6) is 11.5 Å². The minimum atomic E-state index is -4.68. The predicted molar refractivity (Wildman–Crippen MR) is 129 cm³/mol. The number of anilines is 2. The maximum Gasteiger partial charge on any atom is 0.416 e. The Kier molecular flexibility index (Phi) is 7.43. The van der Waals surface area contributed by atoms with E-state index >= 15 is 0 Å². The Bertz CT molecular complexity index is 1440. The zero-order chi connectivity index (χ0) is 26.6. The van der Waals surface area contributed by atoms with Crippen molar-refractivity contribution in [3.63, 3.8) is 0 Å². The molecule has 8 nitrogen and oxygen atoms in total. The molecule has 0 fully saturated rings. The average molecular weight is 534 g/mol. The Labute approximate surface area is 211 Å². The molecule has 3 N–H and O–H groups in total. The Morgan fingerprint density at radius 3 is 2.41 bits per heavy atom. The summed E-state index contributed by atoms with van der Waals surface area (Å²) in [4.78, 5) is 27.8. The highest BCUT2D eigenvalue weighted by molar-refractivity contribution is 7.18. The molecule has 0 saturated carbocycles. The summed E-state index contributed by atoms with van der Waals surface area (Å²) in [6.07, 6.45) is -5.23. The molecule has 0 aliphatic carbocycles. The Balaban J connectivity index is 1.37. The molecule has 1 aromatic heterocycles. The molecule has 37 heavy (non-hydrogen) atoms. The highest BCUT2D eigenvalue weighted by atomic mass is 32.1. The molecule has 0 unspecified atom stereocenters. The number of carbonyl (C=O) groups is 2. The van der Waals surface area contributed by atoms with Crippen LogP contribution < -0.4 is 20.7 Å². The Hall–Kier alpha value is -4.39. The van der Waals surface area contributed by atoms with E-state index in [0.29, 0.717) is 40.4 Å². The molecule has 0 atom stereocenters. The number of amides is 3. The van der Waals surface area contributed by atoms with E-state index in [0.717, 1.165) is 10.2 Å². The molecule has 13 heteroatoms. The van der Waals surface area contributed by atoms with Gasteiger partial charge >= 0.3 is 18.3 Å². The number of rotatable bonds is 6. The van der Waals surface area contributed by atoms with Gasteiger partial charge in [-0.15, -0.1) is 11.3 Å². The normalized spacial score (nSPS) is 11.2. The second-order valence-electron chi connectivity index (χ2n) is 7.48. The van der Waals surface area contributed by atoms with Crippen molar-refractivity contribution in [2.45, 2.75) is 12.7 Å². The lowest BCUT2D eigenvalue weighted by atomic mass is 10.2. The summed E-state index contributed by atoms with van der Waals surface area (Å²) in [6.45, 7) is 0.227. The number of alkyl carbamates (subject to hydrolysis) is 1. The summed E-state index contributed by atoms with van der Waals surface area (Å²) < 4.78 is 63.6. The standard InChI is InChI=1S/C24H18F4N4O4S/c1-35-23(34)29-12-21-31-18-9-7-16(11-20(18)37-21)36-15-5-3-14(4-6-15)30-22(33)32-19-10-13(24(26,27)28)2-8-17(19)25/h2-11H,12H2,1H3,(H,29,34)(H2,30,32,33). The highest BCUT2D eigenvalue weighted by Crippen LogP contribution is 2.32. The number of nitrogens with one attached hydrogen (secondary N) is 3. The third-order valence-electron chi connectivity index (χ3n) is 4.86. The van der Waals surface area contributed by atoms with E-state index in [1.54, 1.807) is 30.3 Å². The number of halogens is 4. The molecule has 192 valence electrons. The van der Waals surface area contributed by atoms with Crippen molar-refractivity contribution in [1.82, 2.24) is 10.3 Å². The molecular formula is C24H18F4N4O4S. The van der Waals surface area contributed by atoms with Gasteiger partial charge in [0.1, 0.15) is 22.3 Å². The van der Waals surface area contributed by atoms with Gasteiger partial charge in [-0.05, 0) is 54.6 Å². The highest BCUT2D eigenvalue weighted by Gasteiger charge is 2.31. The zero-order valence-electron chi connectivity index (χ0n) is 19.0. The molecule has 0 aliphatic heterocycles. The second kappa shape index (κ2) is 10.7. The summed E-state index contributed by atoms with van der Waals surface area (Å²) in [6, 6.07) is 12.3. The van der Waals surface area contributed by atoms with Crippen molar-refractivity contribution >= 4 is 45.1 Å². The maximum absolute atomic E-state index is 13.8. The lowest BCUT2D eigenvalue weighted by molar-refractivity contribution is -0.137. The molecular weight excluding hydrogens is 516 g/mol. The van der Waals surface area contributed by atoms with Gasteiger partial charge in [-0.25, -0.2) is 19.0 Å². The van der Waals surface area contributed by atoms with E-state index < -0.39 is 35.4 Å². The molecule has 0 spiro atoms. The summed E-state index contributed by atoms with van der Waals surface area (Å²) in [5.41, 5.74) is -0.647. The summed E-state index contributed by atoms with van der Waals surface area (Å²) in [5.74, 6) is -0.0231. The number of aromatic nitrogens is 1. The van der Waals surface area contributed by atoms with Gasteiger partial charge in [0, 0.05) is 11.8 Å². The van der Waals surface area contributed by atoms with Gasteiger partial charge in [-0.2, -0.15) is 13.2 Å². The van der Waals surface area contributed by atoms with Crippen LogP contribution in [-0.2, 0) is 17.5 Å². The molecule has 0 saturated heterocycles. The number of benzene rings is 3. The number of methoxy groups -OCH3 is 1. The lowest BCUT2D eigenvalue weighted by Gasteiger charge is -2.12. The number of alkyl halides is 3. The number of ether oxygens (including phenoxy) is 2. The van der Waals surface area contributed by atoms with Gasteiger partial charge < -0.3 is 25.4 Å². The largest absolute Gasteiger partial charge is 0.457 e. The van der Waals surface area contributed by atoms with Gasteiger partial charge in [0.05, 0.1) is 35.1 Å². The van der Waals surface area contributed by atoms with Crippen LogP contribution in [0.3, 0.4) is 0 Å². The molecule has 0 bridgehead atoms. The van der Waals surface area contributed by atoms with Crippen molar-refractivity contribution in [1.29, 1.82) is 0 Å². The van der Waals surface area contributed by atoms with Crippen LogP contribution in [0.2, 0.25) is 0 Å². The lowest BCUT2D eigenvalue weighted by Crippen LogP contribution is -2.22. The SMILES string of the molecule is COC(=O)NCc1nc2ccc(Oc3ccc(NC(=O)Nc4cc(C(F)(F)F)ccc4F)cc3)cc2s1. The Morgan fingerprint density at radius 2 is 1.70 bits per heavy atom. The number of hydrogen-bond donors (Lipinski definition) is 3. The van der Waals surface area contributed by atoms with Crippen LogP contribution in [0.4, 0.5) is 38.5 Å². The summed E-state index contributed by atoms with van der Waals surface area (Å²) in [7, 11) is 1.27. The van der Waals surface area contributed by atoms with Crippen molar-refractivity contribution in [2.24, 2.45) is 0 Å². The molecule has 0 aliphatic rings. The second-order valence-corrected chi connectivity index (χ2v) is 8.60. The zero-order valence-corrected chi connectivity index (χ0v) is 19.8. The topological polar surface area (TPSA) is 102 Å². The van der Waals surface area contributed by atoms with Gasteiger partial charge in [0.15, 0.2) is 0 Å². The van der Waals surface area contributed by atoms with Crippen LogP contribution in [0.1, 0.15) is 10.6 Å². The molecule has 4 aromatic rings. The minimum Gasteiger partial charge on any atom is -0.457 e. The van der Waals surface area contributed by atoms with E-state index in [2.05, 4.69) is 25.7 Å². The number of fused-ring (bicyclic) bond motifs is 1. The number of carbonyl (C=O) groups excluding carboxylic acids is 2. The van der Waals surface area contributed by atoms with Crippen LogP contribution in [0.25, 0.3) is 10.2 Å². The average Bonchev–Trinajstić information content (AvgIpc) is 3.26. The minimum absolute atomic E-state index is 0.227. The van der Waals surface area contributed by atoms with E-state index in [1.165, 1.54) is 30.6 Å². The molecule has 4 rings (SSSR count). The number of nitrogens with zero attached hydrogens (tertiary/aromatic N) is 1. The van der Waals surface area contributed by atoms with Crippen LogP contribution in [0, 0.1) is 5.82 Å². The number of hydrogen-bond acceptors (Lipinski definition) is 6. The third-order valence-corrected chi connectivity index (χ3v) is 5.88. The van der Waals surface area contributed by atoms with E-state index in [4.69, 9.17) is 4.74 Å². The van der Waals surface area contributed by atoms with Crippen molar-refractivity contribution < 1.29 is 36.6 Å². The van der Waals surface area contributed by atoms with Gasteiger partial charge in [0.2, 0.25) is 0 Å². The van der Waals surface area contributed by atoms with Gasteiger partial charge in [-0.1, -0.05) is 0 Å². The Morgan fingerprint density at radius 1 is 0.973 bits per heavy atom. The molecule has 1 heterocycles. The number of urea groups is 1. The maximum atomic E-state index is 13.8. The quantitative estimate of drug-likeness (QED) is 0.238. The third kappa shape index (κ3) is 6.64. The van der Waals surface area contributed by atoms with Gasteiger partial charge in [0.25, 0.3) is 0 Å². The van der Waals surface area contributed by atoms with Crippen molar-refractivity contribution in [2.75, 3.05) is 17.7 Å². The fourth-order valence-electron chi connectivity index (χ4n) is 3.14. The van der Waals surface area contributed by atoms with Crippen LogP contribution in [0.15, 0.2) is 60.7 Å². The van der Waals surface area contributed by atoms with Gasteiger partial charge in [-0.3, -0.25) is 0 Å². The predicted octanol–water partition coefficient (Wildman–Crippen LogP) is 6.75. The summed E-state index contributed by atoms with van der Waals surface area (Å²) >= 11 is 1.38. The molecule has 3 aromatic carbocycles. The van der Waals surface area contributed by atoms with E-state index in [1.807, 2.05) is 0 Å². The first kappa shape index (κ1) is 25.7. The monoisotopic (exact) mass is 534 g/mol. The first-order chi connectivity index (χ1) is 17.6. The number of thiazole rings is 1. The van der Waals surface area contributed by atoms with Crippen LogP contribution in [-0.4, -0.2) is 24.2 Å². The fourth-order valence-corrected chi connectivity index (χ4v) is 4.07. The van der Waals surface area contributed by atoms with E-state index in [9.17, 15) is 27.2 Å². The molecule has 3 amide bonds. The summed E-state index contributed by atoms with van der Waals surface area (Å²) in [5, 5.41) is 7.75. The first-order valence-corrected chi connectivity index (χ1v) is 11.4. The van der Waals surface area contributed by atoms with E-state index in [-0.39, 0.29) is 6.54 Å². The first-order valence-electron chi connectivity index (χ1n) is 10.5. The van der Waals surface area contributed by atoms with Crippen LogP contribution >= 0.6 is 11.3 Å². The fraction of sp³-hybridized carbons (Fsp3) is 0.125. The van der Waals surface area contributed by atoms with Crippen molar-refractivity contribution in [3.8, 4) is 11.5 Å². The smallest absolute Gasteiger partial charge is 0.416 e. The van der Waals surface area contributed by atoms with Crippen molar-refractivity contribution in [3.05, 3.63) is 77.1 Å².